The molecule has 4 aromatic rings. The van der Waals surface area contributed by atoms with Gasteiger partial charge in [-0.15, -0.1) is 0 Å². The summed E-state index contributed by atoms with van der Waals surface area (Å²) in [4.78, 5) is 15.3. The van der Waals surface area contributed by atoms with Gasteiger partial charge in [-0.05, 0) is 30.7 Å². The van der Waals surface area contributed by atoms with E-state index in [1.165, 1.54) is 12.4 Å². The highest BCUT2D eigenvalue weighted by atomic mass is 19.1. The number of anilines is 1. The van der Waals surface area contributed by atoms with Gasteiger partial charge < -0.3 is 15.5 Å². The van der Waals surface area contributed by atoms with Crippen molar-refractivity contribution in [1.82, 2.24) is 19.9 Å². The van der Waals surface area contributed by atoms with Gasteiger partial charge in [0, 0.05) is 23.5 Å². The Balaban J connectivity index is 1.72. The monoisotopic (exact) mass is 335 g/mol. The largest absolute Gasteiger partial charge is 0.436 e. The van der Waals surface area contributed by atoms with Crippen molar-refractivity contribution in [3.05, 3.63) is 60.4 Å². The number of ether oxygens (including phenoxy) is 1. The standard InChI is InChI=1S/C18H14FN5O/c1-10-3-2-4-15(24-10)25-14-6-5-11(7-13(14)19)12-8-21-18-16(12)17(20)22-9-23-18/h2-9H,1H3,(H3,20,21,22,23). The second kappa shape index (κ2) is 5.86. The van der Waals surface area contributed by atoms with Crippen molar-refractivity contribution in [3.63, 3.8) is 0 Å². The highest BCUT2D eigenvalue weighted by Gasteiger charge is 2.14. The molecule has 0 amide bonds. The van der Waals surface area contributed by atoms with Gasteiger partial charge in [-0.2, -0.15) is 0 Å². The van der Waals surface area contributed by atoms with Gasteiger partial charge in [-0.3, -0.25) is 0 Å². The van der Waals surface area contributed by atoms with Crippen molar-refractivity contribution in [2.45, 2.75) is 6.92 Å². The third-order valence-electron chi connectivity index (χ3n) is 3.82. The van der Waals surface area contributed by atoms with Gasteiger partial charge >= 0.3 is 0 Å². The third kappa shape index (κ3) is 2.76. The molecule has 0 atom stereocenters. The van der Waals surface area contributed by atoms with E-state index in [0.717, 1.165) is 11.3 Å². The fourth-order valence-corrected chi connectivity index (χ4v) is 2.65. The molecule has 3 aromatic heterocycles. The molecule has 0 spiro atoms. The number of hydrogen-bond donors (Lipinski definition) is 2. The lowest BCUT2D eigenvalue weighted by Crippen LogP contribution is -1.94. The highest BCUT2D eigenvalue weighted by Crippen LogP contribution is 2.33. The molecule has 0 bridgehead atoms. The van der Waals surface area contributed by atoms with E-state index >= 15 is 0 Å². The molecular formula is C18H14FN5O. The number of nitrogens with two attached hydrogens (primary N) is 1. The number of benzene rings is 1. The fourth-order valence-electron chi connectivity index (χ4n) is 2.65. The van der Waals surface area contributed by atoms with Gasteiger partial charge in [0.25, 0.3) is 0 Å². The van der Waals surface area contributed by atoms with Crippen LogP contribution in [0.25, 0.3) is 22.2 Å². The first kappa shape index (κ1) is 15.1. The van der Waals surface area contributed by atoms with Gasteiger partial charge in [0.2, 0.25) is 5.88 Å². The van der Waals surface area contributed by atoms with E-state index < -0.39 is 5.82 Å². The normalized spacial score (nSPS) is 11.0. The number of fused-ring (bicyclic) bond motifs is 1. The number of rotatable bonds is 3. The van der Waals surface area contributed by atoms with Crippen LogP contribution in [-0.4, -0.2) is 19.9 Å². The average Bonchev–Trinajstić information content (AvgIpc) is 3.02. The van der Waals surface area contributed by atoms with Gasteiger partial charge in [-0.1, -0.05) is 12.1 Å². The lowest BCUT2D eigenvalue weighted by atomic mass is 10.1. The number of nitrogens with zero attached hydrogens (tertiary/aromatic N) is 3. The molecule has 7 heteroatoms. The zero-order chi connectivity index (χ0) is 17.4. The molecule has 3 heterocycles. The SMILES string of the molecule is Cc1cccc(Oc2ccc(-c3c[nH]c4ncnc(N)c34)cc2F)n1. The lowest BCUT2D eigenvalue weighted by Gasteiger charge is -2.08. The number of nitrogens with one attached hydrogen (secondary N) is 1. The van der Waals surface area contributed by atoms with Crippen LogP contribution in [0.1, 0.15) is 5.69 Å². The van der Waals surface area contributed by atoms with E-state index in [4.69, 9.17) is 10.5 Å². The Morgan fingerprint density at radius 3 is 2.84 bits per heavy atom. The summed E-state index contributed by atoms with van der Waals surface area (Å²) < 4.78 is 20.0. The van der Waals surface area contributed by atoms with Crippen LogP contribution in [0.15, 0.2) is 48.9 Å². The molecule has 124 valence electrons. The van der Waals surface area contributed by atoms with Crippen molar-refractivity contribution >= 4 is 16.9 Å². The summed E-state index contributed by atoms with van der Waals surface area (Å²) in [6, 6.07) is 10.0. The first-order valence-corrected chi connectivity index (χ1v) is 7.61. The number of pyridine rings is 1. The van der Waals surface area contributed by atoms with Crippen molar-refractivity contribution < 1.29 is 9.13 Å². The first-order chi connectivity index (χ1) is 12.1. The van der Waals surface area contributed by atoms with E-state index in [9.17, 15) is 4.39 Å². The minimum atomic E-state index is -0.495. The maximum Gasteiger partial charge on any atom is 0.219 e. The molecular weight excluding hydrogens is 321 g/mol. The molecule has 0 saturated heterocycles. The molecule has 0 aliphatic heterocycles. The van der Waals surface area contributed by atoms with E-state index in [1.54, 1.807) is 30.5 Å². The number of nitrogen functional groups attached to an aromatic ring is 1. The third-order valence-corrected chi connectivity index (χ3v) is 3.82. The number of halogens is 1. The van der Waals surface area contributed by atoms with Gasteiger partial charge in [0.05, 0.1) is 5.39 Å². The van der Waals surface area contributed by atoms with Crippen LogP contribution in [0.2, 0.25) is 0 Å². The smallest absolute Gasteiger partial charge is 0.219 e. The maximum absolute atomic E-state index is 14.5. The molecule has 0 aliphatic rings. The minimum absolute atomic E-state index is 0.103. The summed E-state index contributed by atoms with van der Waals surface area (Å²) in [7, 11) is 0. The summed E-state index contributed by atoms with van der Waals surface area (Å²) >= 11 is 0. The summed E-state index contributed by atoms with van der Waals surface area (Å²) in [5, 5.41) is 0.663. The minimum Gasteiger partial charge on any atom is -0.436 e. The highest BCUT2D eigenvalue weighted by molar-refractivity contribution is 6.00. The first-order valence-electron chi connectivity index (χ1n) is 7.61. The predicted octanol–water partition coefficient (Wildman–Crippen LogP) is 3.84. The Kier molecular flexibility index (Phi) is 3.53. The predicted molar refractivity (Wildman–Crippen MR) is 92.7 cm³/mol. The van der Waals surface area contributed by atoms with Gasteiger partial charge in [-0.25, -0.2) is 19.3 Å². The molecule has 0 aliphatic carbocycles. The zero-order valence-corrected chi connectivity index (χ0v) is 13.3. The molecule has 0 radical (unpaired) electrons. The molecule has 1 aromatic carbocycles. The number of H-pyrrole nitrogens is 1. The molecule has 6 nitrogen and oxygen atoms in total. The molecule has 3 N–H and O–H groups in total. The molecule has 25 heavy (non-hydrogen) atoms. The molecule has 0 unspecified atom stereocenters. The molecule has 0 saturated carbocycles. The van der Waals surface area contributed by atoms with Crippen LogP contribution >= 0.6 is 0 Å². The number of hydrogen-bond acceptors (Lipinski definition) is 5. The van der Waals surface area contributed by atoms with E-state index in [2.05, 4.69) is 19.9 Å². The Bertz CT molecular complexity index is 1080. The van der Waals surface area contributed by atoms with Crippen molar-refractivity contribution in [2.75, 3.05) is 5.73 Å². The fraction of sp³-hybridized carbons (Fsp3) is 0.0556. The summed E-state index contributed by atoms with van der Waals surface area (Å²) in [5.74, 6) is 0.291. The summed E-state index contributed by atoms with van der Waals surface area (Å²) in [5.41, 5.74) is 8.70. The topological polar surface area (TPSA) is 89.7 Å². The van der Waals surface area contributed by atoms with E-state index in [-0.39, 0.29) is 5.75 Å². The number of aromatic amines is 1. The van der Waals surface area contributed by atoms with Crippen LogP contribution in [-0.2, 0) is 0 Å². The summed E-state index contributed by atoms with van der Waals surface area (Å²) in [6.45, 7) is 1.84. The van der Waals surface area contributed by atoms with Gasteiger partial charge in [0.15, 0.2) is 11.6 Å². The zero-order valence-electron chi connectivity index (χ0n) is 13.3. The van der Waals surface area contributed by atoms with Crippen molar-refractivity contribution in [1.29, 1.82) is 0 Å². The van der Waals surface area contributed by atoms with Crippen LogP contribution in [0.3, 0.4) is 0 Å². The summed E-state index contributed by atoms with van der Waals surface area (Å²) in [6.07, 6.45) is 3.11. The Hall–Kier alpha value is -3.48. The number of aromatic nitrogens is 4. The molecule has 0 fully saturated rings. The second-order valence-electron chi connectivity index (χ2n) is 5.55. The quantitative estimate of drug-likeness (QED) is 0.594. The number of aryl methyl sites for hydroxylation is 1. The average molecular weight is 335 g/mol. The second-order valence-corrected chi connectivity index (χ2v) is 5.55. The Morgan fingerprint density at radius 1 is 1.16 bits per heavy atom. The van der Waals surface area contributed by atoms with Crippen LogP contribution in [0, 0.1) is 12.7 Å². The van der Waals surface area contributed by atoms with E-state index in [1.807, 2.05) is 13.0 Å². The van der Waals surface area contributed by atoms with Crippen molar-refractivity contribution in [3.8, 4) is 22.8 Å². The van der Waals surface area contributed by atoms with Crippen LogP contribution < -0.4 is 10.5 Å². The van der Waals surface area contributed by atoms with Crippen molar-refractivity contribution in [2.24, 2.45) is 0 Å². The van der Waals surface area contributed by atoms with E-state index in [0.29, 0.717) is 28.3 Å². The molecule has 4 rings (SSSR count). The van der Waals surface area contributed by atoms with Crippen LogP contribution in [0.5, 0.6) is 11.6 Å². The Labute approximate surface area is 142 Å². The lowest BCUT2D eigenvalue weighted by molar-refractivity contribution is 0.427. The van der Waals surface area contributed by atoms with Gasteiger partial charge in [0.1, 0.15) is 17.8 Å². The van der Waals surface area contributed by atoms with Crippen LogP contribution in [0.4, 0.5) is 10.2 Å². The maximum atomic E-state index is 14.5. The Morgan fingerprint density at radius 2 is 2.04 bits per heavy atom.